The van der Waals surface area contributed by atoms with Crippen molar-refractivity contribution in [3.63, 3.8) is 0 Å². The first-order valence-electron chi connectivity index (χ1n) is 15.1. The van der Waals surface area contributed by atoms with Gasteiger partial charge in [0.1, 0.15) is 11.6 Å². The van der Waals surface area contributed by atoms with Crippen molar-refractivity contribution in [1.29, 1.82) is 0 Å². The van der Waals surface area contributed by atoms with Gasteiger partial charge in [-0.1, -0.05) is 40.9 Å². The van der Waals surface area contributed by atoms with Crippen LogP contribution in [0.1, 0.15) is 56.7 Å². The molecule has 0 saturated carbocycles. The summed E-state index contributed by atoms with van der Waals surface area (Å²) in [5.74, 6) is -1.84. The first-order chi connectivity index (χ1) is 22.0. The predicted molar refractivity (Wildman–Crippen MR) is 177 cm³/mol. The number of nitrogens with two attached hydrogens (primary N) is 1. The van der Waals surface area contributed by atoms with Gasteiger partial charge < -0.3 is 25.7 Å². The largest absolute Gasteiger partial charge is 0.481 e. The Morgan fingerprint density at radius 2 is 1.91 bits per heavy atom. The first kappa shape index (κ1) is 33.3. The van der Waals surface area contributed by atoms with Crippen LogP contribution in [-0.2, 0) is 11.2 Å². The molecule has 5 N–H and O–H groups in total. The van der Waals surface area contributed by atoms with E-state index < -0.39 is 29.1 Å². The first-order valence-corrected chi connectivity index (χ1v) is 15.9. The average Bonchev–Trinajstić information content (AvgIpc) is 3.69. The highest BCUT2D eigenvalue weighted by Crippen LogP contribution is 2.37. The van der Waals surface area contributed by atoms with Gasteiger partial charge in [0.05, 0.1) is 23.3 Å². The highest BCUT2D eigenvalue weighted by Gasteiger charge is 2.27. The van der Waals surface area contributed by atoms with Gasteiger partial charge in [0, 0.05) is 57.9 Å². The van der Waals surface area contributed by atoms with Crippen molar-refractivity contribution in [1.82, 2.24) is 14.8 Å². The molecule has 2 heterocycles. The zero-order valence-electron chi connectivity index (χ0n) is 25.6. The number of carboxylic acids is 1. The summed E-state index contributed by atoms with van der Waals surface area (Å²) in [6, 6.07) is 16.7. The molecule has 242 valence electrons. The molecule has 2 atom stereocenters. The standard InChI is InChI=1S/C35H37BrF2N4O4/c1-35(2,34(44)45)13-4-3-8-32(21-6-5-7-22(36)16-21)42-15-12-30(41-42)27-18-24(9-10-28(27)37)46-33-26(17-23(43)20-39)25-11-14-40-31(25)19-29(33)38/h5-7,9-12,14-16,18-19,23,32,40,43H,3-4,8,13,17,20,39H2,1-2H3,(H,44,45). The Morgan fingerprint density at radius 3 is 2.65 bits per heavy atom. The lowest BCUT2D eigenvalue weighted by atomic mass is 9.86. The van der Waals surface area contributed by atoms with E-state index in [-0.39, 0.29) is 36.1 Å². The summed E-state index contributed by atoms with van der Waals surface area (Å²) >= 11 is 3.54. The molecule has 11 heteroatoms. The third kappa shape index (κ3) is 7.49. The minimum absolute atomic E-state index is 0.00747. The summed E-state index contributed by atoms with van der Waals surface area (Å²) in [7, 11) is 0. The molecule has 0 fully saturated rings. The Labute approximate surface area is 274 Å². The van der Waals surface area contributed by atoms with Crippen LogP contribution in [0.25, 0.3) is 22.2 Å². The van der Waals surface area contributed by atoms with Crippen LogP contribution in [0.4, 0.5) is 8.78 Å². The number of benzene rings is 3. The van der Waals surface area contributed by atoms with E-state index in [0.29, 0.717) is 35.0 Å². The van der Waals surface area contributed by atoms with E-state index in [4.69, 9.17) is 15.6 Å². The van der Waals surface area contributed by atoms with Gasteiger partial charge in [0.15, 0.2) is 11.6 Å². The van der Waals surface area contributed by atoms with Crippen LogP contribution in [0.5, 0.6) is 11.5 Å². The molecule has 8 nitrogen and oxygen atoms in total. The molecule has 0 spiro atoms. The summed E-state index contributed by atoms with van der Waals surface area (Å²) in [6.45, 7) is 3.45. The maximum atomic E-state index is 15.3. The molecule has 0 aliphatic heterocycles. The summed E-state index contributed by atoms with van der Waals surface area (Å²) in [6.07, 6.45) is 5.36. The van der Waals surface area contributed by atoms with E-state index in [2.05, 4.69) is 20.9 Å². The molecule has 46 heavy (non-hydrogen) atoms. The Morgan fingerprint density at radius 1 is 1.11 bits per heavy atom. The number of aliphatic carboxylic acids is 1. The number of rotatable bonds is 14. The second-order valence-corrected chi connectivity index (χ2v) is 13.0. The molecular formula is C35H37BrF2N4O4. The monoisotopic (exact) mass is 694 g/mol. The Balaban J connectivity index is 1.43. The fraction of sp³-hybridized carbons (Fsp3) is 0.314. The van der Waals surface area contributed by atoms with Crippen LogP contribution < -0.4 is 10.5 Å². The van der Waals surface area contributed by atoms with Gasteiger partial charge in [-0.2, -0.15) is 5.10 Å². The summed E-state index contributed by atoms with van der Waals surface area (Å²) in [4.78, 5) is 14.5. The number of fused-ring (bicyclic) bond motifs is 1. The molecule has 5 aromatic rings. The second kappa shape index (κ2) is 14.1. The van der Waals surface area contributed by atoms with Crippen LogP contribution >= 0.6 is 15.9 Å². The minimum Gasteiger partial charge on any atom is -0.481 e. The number of unbranched alkanes of at least 4 members (excludes halogenated alkanes) is 1. The number of halogens is 3. The molecule has 0 amide bonds. The van der Waals surface area contributed by atoms with Crippen molar-refractivity contribution in [3.8, 4) is 22.8 Å². The molecule has 0 aliphatic carbocycles. The van der Waals surface area contributed by atoms with Gasteiger partial charge >= 0.3 is 5.97 Å². The van der Waals surface area contributed by atoms with Gasteiger partial charge in [-0.25, -0.2) is 8.78 Å². The number of aliphatic hydroxyl groups is 1. The zero-order valence-corrected chi connectivity index (χ0v) is 27.2. The maximum absolute atomic E-state index is 15.3. The van der Waals surface area contributed by atoms with Gasteiger partial charge in [-0.15, -0.1) is 0 Å². The fourth-order valence-electron chi connectivity index (χ4n) is 5.57. The molecule has 5 rings (SSSR count). The van der Waals surface area contributed by atoms with Crippen LogP contribution in [0.2, 0.25) is 0 Å². The van der Waals surface area contributed by atoms with Crippen molar-refractivity contribution in [3.05, 3.63) is 100 Å². The van der Waals surface area contributed by atoms with E-state index in [0.717, 1.165) is 22.9 Å². The molecule has 0 saturated heterocycles. The smallest absolute Gasteiger partial charge is 0.309 e. The molecular weight excluding hydrogens is 658 g/mol. The number of ether oxygens (including phenoxy) is 1. The van der Waals surface area contributed by atoms with Crippen molar-refractivity contribution in [2.24, 2.45) is 11.1 Å². The van der Waals surface area contributed by atoms with Gasteiger partial charge in [-0.3, -0.25) is 9.48 Å². The molecule has 2 aromatic heterocycles. The topological polar surface area (TPSA) is 126 Å². The lowest BCUT2D eigenvalue weighted by Gasteiger charge is -2.21. The predicted octanol–water partition coefficient (Wildman–Crippen LogP) is 7.99. The van der Waals surface area contributed by atoms with Crippen LogP contribution in [0, 0.1) is 17.0 Å². The number of nitrogens with one attached hydrogen (secondary N) is 1. The van der Waals surface area contributed by atoms with Crippen molar-refractivity contribution in [2.45, 2.75) is 58.1 Å². The number of carbonyl (C=O) groups is 1. The quantitative estimate of drug-likeness (QED) is 0.0873. The van der Waals surface area contributed by atoms with Gasteiger partial charge in [0.25, 0.3) is 0 Å². The second-order valence-electron chi connectivity index (χ2n) is 12.1. The van der Waals surface area contributed by atoms with Gasteiger partial charge in [-0.05, 0) is 74.7 Å². The number of aliphatic hydroxyl groups excluding tert-OH is 1. The molecule has 0 bridgehead atoms. The fourth-order valence-corrected chi connectivity index (χ4v) is 5.99. The number of carboxylic acid groups (broad SMARTS) is 1. The van der Waals surface area contributed by atoms with Crippen molar-refractivity contribution in [2.75, 3.05) is 6.54 Å². The summed E-state index contributed by atoms with van der Waals surface area (Å²) < 4.78 is 39.3. The normalized spacial score (nSPS) is 13.2. The maximum Gasteiger partial charge on any atom is 0.309 e. The van der Waals surface area contributed by atoms with Crippen molar-refractivity contribution >= 4 is 32.8 Å². The van der Waals surface area contributed by atoms with Crippen LogP contribution in [0.3, 0.4) is 0 Å². The third-order valence-corrected chi connectivity index (χ3v) is 8.77. The zero-order chi connectivity index (χ0) is 33.0. The number of aromatic nitrogens is 3. The molecule has 3 aromatic carbocycles. The summed E-state index contributed by atoms with van der Waals surface area (Å²) in [5.41, 5.74) is 7.39. The van der Waals surface area contributed by atoms with Gasteiger partial charge in [0.2, 0.25) is 0 Å². The van der Waals surface area contributed by atoms with E-state index in [1.807, 2.05) is 24.3 Å². The number of hydrogen-bond donors (Lipinski definition) is 4. The Hall–Kier alpha value is -4.06. The number of aromatic amines is 1. The minimum atomic E-state index is -0.906. The van der Waals surface area contributed by atoms with Crippen LogP contribution in [-0.4, -0.2) is 43.6 Å². The van der Waals surface area contributed by atoms with E-state index in [1.165, 1.54) is 24.3 Å². The highest BCUT2D eigenvalue weighted by molar-refractivity contribution is 9.10. The number of hydrogen-bond acceptors (Lipinski definition) is 5. The van der Waals surface area contributed by atoms with Crippen molar-refractivity contribution < 1.29 is 28.5 Å². The number of nitrogens with zero attached hydrogens (tertiary/aromatic N) is 2. The lowest BCUT2D eigenvalue weighted by Crippen LogP contribution is -2.23. The average molecular weight is 696 g/mol. The molecule has 2 unspecified atom stereocenters. The van der Waals surface area contributed by atoms with Crippen LogP contribution in [0.15, 0.2) is 77.5 Å². The Kier molecular flexibility index (Phi) is 10.2. The van der Waals surface area contributed by atoms with E-state index >= 15 is 8.78 Å². The SMILES string of the molecule is CC(C)(CCCCC(c1cccc(Br)c1)n1ccc(-c2cc(Oc3c(F)cc4[nH]ccc4c3CC(O)CN)ccc2F)n1)C(=O)O. The summed E-state index contributed by atoms with van der Waals surface area (Å²) in [5, 5.41) is 25.2. The highest BCUT2D eigenvalue weighted by atomic mass is 79.9. The lowest BCUT2D eigenvalue weighted by molar-refractivity contribution is -0.147. The van der Waals surface area contributed by atoms with E-state index in [9.17, 15) is 15.0 Å². The van der Waals surface area contributed by atoms with E-state index in [1.54, 1.807) is 43.1 Å². The molecule has 0 radical (unpaired) electrons. The Bertz CT molecular complexity index is 1840. The number of H-pyrrole nitrogens is 1. The third-order valence-electron chi connectivity index (χ3n) is 8.28. The molecule has 0 aliphatic rings.